The Morgan fingerprint density at radius 3 is 2.16 bits per heavy atom. The Balaban J connectivity index is 2.08. The average Bonchev–Trinajstić information content (AvgIpc) is 2.61. The van der Waals surface area contributed by atoms with Gasteiger partial charge >= 0.3 is 0 Å². The van der Waals surface area contributed by atoms with Crippen LogP contribution in [0.5, 0.6) is 17.2 Å². The van der Waals surface area contributed by atoms with E-state index in [1.807, 2.05) is 32.0 Å². The van der Waals surface area contributed by atoms with E-state index in [0.29, 0.717) is 22.9 Å². The average molecular weight is 344 g/mol. The van der Waals surface area contributed by atoms with Crippen LogP contribution in [0.3, 0.4) is 0 Å². The van der Waals surface area contributed by atoms with Crippen LogP contribution < -0.4 is 24.8 Å². The van der Waals surface area contributed by atoms with Crippen molar-refractivity contribution in [2.24, 2.45) is 0 Å². The number of rotatable bonds is 7. The first-order valence-corrected chi connectivity index (χ1v) is 7.89. The second-order valence-electron chi connectivity index (χ2n) is 5.63. The number of methoxy groups -OCH3 is 3. The molecular formula is C19H24N2O4. The highest BCUT2D eigenvalue weighted by Gasteiger charge is 2.14. The van der Waals surface area contributed by atoms with E-state index in [2.05, 4.69) is 10.6 Å². The monoisotopic (exact) mass is 344 g/mol. The topological polar surface area (TPSA) is 68.8 Å². The third-order valence-corrected chi connectivity index (χ3v) is 3.78. The van der Waals surface area contributed by atoms with Crippen LogP contribution in [-0.2, 0) is 4.79 Å². The molecule has 6 heteroatoms. The minimum atomic E-state index is -0.171. The Morgan fingerprint density at radius 1 is 0.960 bits per heavy atom. The van der Waals surface area contributed by atoms with Gasteiger partial charge < -0.3 is 24.8 Å². The number of aryl methyl sites for hydroxylation is 2. The van der Waals surface area contributed by atoms with Crippen molar-refractivity contribution in [2.75, 3.05) is 38.5 Å². The molecular weight excluding hydrogens is 320 g/mol. The molecule has 0 atom stereocenters. The number of benzene rings is 2. The summed E-state index contributed by atoms with van der Waals surface area (Å²) in [7, 11) is 4.60. The zero-order chi connectivity index (χ0) is 18.4. The third-order valence-electron chi connectivity index (χ3n) is 3.78. The summed E-state index contributed by atoms with van der Waals surface area (Å²) in [5.41, 5.74) is 3.74. The Bertz CT molecular complexity index is 734. The van der Waals surface area contributed by atoms with E-state index in [4.69, 9.17) is 14.2 Å². The normalized spacial score (nSPS) is 10.1. The van der Waals surface area contributed by atoms with Crippen molar-refractivity contribution in [1.29, 1.82) is 0 Å². The maximum atomic E-state index is 12.2. The van der Waals surface area contributed by atoms with E-state index in [1.54, 1.807) is 12.1 Å². The van der Waals surface area contributed by atoms with Gasteiger partial charge in [0.2, 0.25) is 11.7 Å². The molecule has 1 amide bonds. The summed E-state index contributed by atoms with van der Waals surface area (Å²) in [5, 5.41) is 5.98. The Labute approximate surface area is 148 Å². The highest BCUT2D eigenvalue weighted by Crippen LogP contribution is 2.39. The molecule has 0 bridgehead atoms. The summed E-state index contributed by atoms with van der Waals surface area (Å²) in [6.07, 6.45) is 0. The van der Waals surface area contributed by atoms with E-state index in [1.165, 1.54) is 21.3 Å². The lowest BCUT2D eigenvalue weighted by Gasteiger charge is -2.15. The number of amides is 1. The summed E-state index contributed by atoms with van der Waals surface area (Å²) in [4.78, 5) is 12.2. The van der Waals surface area contributed by atoms with Gasteiger partial charge in [-0.1, -0.05) is 12.1 Å². The summed E-state index contributed by atoms with van der Waals surface area (Å²) in [6, 6.07) is 9.46. The third kappa shape index (κ3) is 4.56. The predicted molar refractivity (Wildman–Crippen MR) is 99.1 cm³/mol. The zero-order valence-corrected chi connectivity index (χ0v) is 15.2. The van der Waals surface area contributed by atoms with Crippen LogP contribution >= 0.6 is 0 Å². The van der Waals surface area contributed by atoms with Gasteiger partial charge in [0, 0.05) is 23.5 Å². The maximum Gasteiger partial charge on any atom is 0.243 e. The lowest BCUT2D eigenvalue weighted by molar-refractivity contribution is -0.114. The lowest BCUT2D eigenvalue weighted by atomic mass is 10.1. The first-order chi connectivity index (χ1) is 12.0. The van der Waals surface area contributed by atoms with E-state index in [-0.39, 0.29) is 12.5 Å². The fraction of sp³-hybridized carbons (Fsp3) is 0.316. The molecule has 134 valence electrons. The standard InChI is InChI=1S/C19H24N2O4/c1-12-6-7-13(2)15(8-12)20-11-18(22)21-14-9-16(23-3)19(25-5)17(10-14)24-4/h6-10,20H,11H2,1-5H3,(H,21,22). The van der Waals surface area contributed by atoms with Gasteiger partial charge in [0.15, 0.2) is 11.5 Å². The molecule has 0 aliphatic rings. The molecule has 2 N–H and O–H groups in total. The van der Waals surface area contributed by atoms with E-state index in [0.717, 1.165) is 16.8 Å². The smallest absolute Gasteiger partial charge is 0.243 e. The Morgan fingerprint density at radius 2 is 1.60 bits per heavy atom. The van der Waals surface area contributed by atoms with Crippen molar-refractivity contribution in [3.05, 3.63) is 41.5 Å². The molecule has 0 saturated carbocycles. The minimum Gasteiger partial charge on any atom is -0.493 e. The maximum absolute atomic E-state index is 12.2. The highest BCUT2D eigenvalue weighted by molar-refractivity contribution is 5.94. The van der Waals surface area contributed by atoms with Crippen LogP contribution in [0.15, 0.2) is 30.3 Å². The van der Waals surface area contributed by atoms with E-state index in [9.17, 15) is 4.79 Å². The number of nitrogens with one attached hydrogen (secondary N) is 2. The van der Waals surface area contributed by atoms with Crippen molar-refractivity contribution in [2.45, 2.75) is 13.8 Å². The van der Waals surface area contributed by atoms with E-state index < -0.39 is 0 Å². The van der Waals surface area contributed by atoms with Gasteiger partial charge in [-0.15, -0.1) is 0 Å². The van der Waals surface area contributed by atoms with E-state index >= 15 is 0 Å². The van der Waals surface area contributed by atoms with Crippen molar-refractivity contribution >= 4 is 17.3 Å². The molecule has 2 aromatic rings. The van der Waals surface area contributed by atoms with Crippen molar-refractivity contribution < 1.29 is 19.0 Å². The largest absolute Gasteiger partial charge is 0.493 e. The number of anilines is 2. The van der Waals surface area contributed by atoms with Gasteiger partial charge in [0.1, 0.15) is 0 Å². The number of carbonyl (C=O) groups excluding carboxylic acids is 1. The molecule has 0 heterocycles. The van der Waals surface area contributed by atoms with Gasteiger partial charge in [-0.3, -0.25) is 4.79 Å². The Kier molecular flexibility index (Phi) is 6.11. The van der Waals surface area contributed by atoms with Crippen LogP contribution in [0.4, 0.5) is 11.4 Å². The first-order valence-electron chi connectivity index (χ1n) is 7.89. The zero-order valence-electron chi connectivity index (χ0n) is 15.2. The lowest BCUT2D eigenvalue weighted by Crippen LogP contribution is -2.22. The fourth-order valence-corrected chi connectivity index (χ4v) is 2.46. The molecule has 0 unspecified atom stereocenters. The summed E-state index contributed by atoms with van der Waals surface area (Å²) in [5.74, 6) is 1.28. The molecule has 0 aromatic heterocycles. The number of hydrogen-bond donors (Lipinski definition) is 2. The van der Waals surface area contributed by atoms with Gasteiger partial charge in [0.25, 0.3) is 0 Å². The number of carbonyl (C=O) groups is 1. The van der Waals surface area contributed by atoms with Crippen LogP contribution in [0.25, 0.3) is 0 Å². The second kappa shape index (κ2) is 8.28. The van der Waals surface area contributed by atoms with Crippen LogP contribution in [-0.4, -0.2) is 33.8 Å². The quantitative estimate of drug-likeness (QED) is 0.806. The van der Waals surface area contributed by atoms with Gasteiger partial charge in [-0.25, -0.2) is 0 Å². The minimum absolute atomic E-state index is 0.154. The van der Waals surface area contributed by atoms with Crippen LogP contribution in [0.1, 0.15) is 11.1 Å². The molecule has 2 aromatic carbocycles. The van der Waals surface area contributed by atoms with Gasteiger partial charge in [0.05, 0.1) is 27.9 Å². The van der Waals surface area contributed by atoms with Crippen molar-refractivity contribution in [1.82, 2.24) is 0 Å². The van der Waals surface area contributed by atoms with Crippen molar-refractivity contribution in [3.8, 4) is 17.2 Å². The molecule has 0 radical (unpaired) electrons. The summed E-state index contributed by atoms with van der Waals surface area (Å²) < 4.78 is 15.8. The molecule has 0 aliphatic carbocycles. The molecule has 0 aliphatic heterocycles. The summed E-state index contributed by atoms with van der Waals surface area (Å²) in [6.45, 7) is 4.17. The second-order valence-corrected chi connectivity index (χ2v) is 5.63. The fourth-order valence-electron chi connectivity index (χ4n) is 2.46. The number of hydrogen-bond acceptors (Lipinski definition) is 5. The molecule has 0 spiro atoms. The number of ether oxygens (including phenoxy) is 3. The molecule has 0 fully saturated rings. The van der Waals surface area contributed by atoms with Crippen LogP contribution in [0.2, 0.25) is 0 Å². The molecule has 6 nitrogen and oxygen atoms in total. The Hall–Kier alpha value is -2.89. The van der Waals surface area contributed by atoms with Crippen molar-refractivity contribution in [3.63, 3.8) is 0 Å². The molecule has 25 heavy (non-hydrogen) atoms. The van der Waals surface area contributed by atoms with Crippen LogP contribution in [0, 0.1) is 13.8 Å². The molecule has 0 saturated heterocycles. The summed E-state index contributed by atoms with van der Waals surface area (Å²) >= 11 is 0. The highest BCUT2D eigenvalue weighted by atomic mass is 16.5. The predicted octanol–water partition coefficient (Wildman–Crippen LogP) is 3.38. The SMILES string of the molecule is COc1cc(NC(=O)CNc2cc(C)ccc2C)cc(OC)c1OC. The van der Waals surface area contributed by atoms with Gasteiger partial charge in [-0.2, -0.15) is 0 Å². The van der Waals surface area contributed by atoms with Gasteiger partial charge in [-0.05, 0) is 31.0 Å². The first kappa shape index (κ1) is 18.4. The molecule has 2 rings (SSSR count).